The number of likely N-dealkylation sites (tertiary alicyclic amines) is 1. The van der Waals surface area contributed by atoms with Crippen LogP contribution in [0.15, 0.2) is 24.3 Å². The van der Waals surface area contributed by atoms with Crippen LogP contribution < -0.4 is 0 Å². The monoisotopic (exact) mass is 341 g/mol. The number of hydrogen-bond donors (Lipinski definition) is 0. The molecule has 132 valence electrons. The van der Waals surface area contributed by atoms with Crippen LogP contribution in [0, 0.1) is 11.8 Å². The molecule has 1 saturated heterocycles. The molecular weight excluding hydrogens is 318 g/mol. The average molecular weight is 341 g/mol. The molecule has 0 unspecified atom stereocenters. The molecule has 0 spiro atoms. The first-order chi connectivity index (χ1) is 12.0. The highest BCUT2D eigenvalue weighted by Crippen LogP contribution is 2.40. The van der Waals surface area contributed by atoms with E-state index in [9.17, 15) is 9.59 Å². The fraction of sp³-hybridized carbons (Fsp3) is 0.556. The van der Waals surface area contributed by atoms with Crippen LogP contribution in [0.4, 0.5) is 0 Å². The third-order valence-corrected chi connectivity index (χ3v) is 5.73. The van der Waals surface area contributed by atoms with Gasteiger partial charge in [-0.2, -0.15) is 15.0 Å². The van der Waals surface area contributed by atoms with E-state index in [-0.39, 0.29) is 24.4 Å². The predicted molar refractivity (Wildman–Crippen MR) is 92.6 cm³/mol. The van der Waals surface area contributed by atoms with Crippen LogP contribution in [0.25, 0.3) is 11.0 Å². The zero-order valence-corrected chi connectivity index (χ0v) is 14.6. The molecule has 2 fully saturated rings. The maximum Gasteiger partial charge on any atom is 0.246 e. The zero-order valence-electron chi connectivity index (χ0n) is 14.6. The van der Waals surface area contributed by atoms with E-state index >= 15 is 0 Å². The zero-order chi connectivity index (χ0) is 17.6. The summed E-state index contributed by atoms with van der Waals surface area (Å²) in [4.78, 5) is 29.7. The number of nitrogens with zero attached hydrogens (tertiary/aromatic N) is 5. The van der Waals surface area contributed by atoms with E-state index in [4.69, 9.17) is 0 Å². The summed E-state index contributed by atoms with van der Waals surface area (Å²) in [6, 6.07) is 7.80. The Labute approximate surface area is 146 Å². The Morgan fingerprint density at radius 1 is 1.20 bits per heavy atom. The third-order valence-electron chi connectivity index (χ3n) is 5.73. The number of hydrogen-bond acceptors (Lipinski definition) is 4. The molecule has 1 aromatic carbocycles. The Bertz CT molecular complexity index is 784. The van der Waals surface area contributed by atoms with Crippen LogP contribution in [0.2, 0.25) is 0 Å². The smallest absolute Gasteiger partial charge is 0.246 e. The summed E-state index contributed by atoms with van der Waals surface area (Å²) < 4.78 is 0. The lowest BCUT2D eigenvalue weighted by atomic mass is 9.88. The Morgan fingerprint density at radius 3 is 2.52 bits per heavy atom. The number of carbonyl (C=O) groups is 2. The molecule has 1 aliphatic carbocycles. The molecule has 25 heavy (non-hydrogen) atoms. The largest absolute Gasteiger partial charge is 0.345 e. The van der Waals surface area contributed by atoms with Crippen molar-refractivity contribution in [2.75, 3.05) is 20.6 Å². The normalized spacial score (nSPS) is 26.1. The fourth-order valence-corrected chi connectivity index (χ4v) is 4.21. The Hall–Kier alpha value is -2.44. The highest BCUT2D eigenvalue weighted by atomic mass is 16.2. The van der Waals surface area contributed by atoms with Crippen LogP contribution in [0.5, 0.6) is 0 Å². The topological polar surface area (TPSA) is 71.3 Å². The first-order valence-corrected chi connectivity index (χ1v) is 8.81. The number of amides is 2. The molecule has 2 amide bonds. The molecule has 2 aliphatic rings. The lowest BCUT2D eigenvalue weighted by Gasteiger charge is -2.31. The molecule has 7 heteroatoms. The van der Waals surface area contributed by atoms with Gasteiger partial charge < -0.3 is 9.80 Å². The molecule has 1 aromatic heterocycles. The van der Waals surface area contributed by atoms with Crippen molar-refractivity contribution in [1.29, 1.82) is 0 Å². The maximum atomic E-state index is 12.7. The molecule has 4 rings (SSSR count). The maximum absolute atomic E-state index is 12.7. The molecule has 1 saturated carbocycles. The Kier molecular flexibility index (Phi) is 3.94. The molecule has 2 heterocycles. The predicted octanol–water partition coefficient (Wildman–Crippen LogP) is 1.15. The van der Waals surface area contributed by atoms with E-state index in [2.05, 4.69) is 10.2 Å². The van der Waals surface area contributed by atoms with Crippen LogP contribution in [-0.2, 0) is 16.1 Å². The van der Waals surface area contributed by atoms with Gasteiger partial charge in [-0.3, -0.25) is 9.59 Å². The number of rotatable bonds is 3. The number of aromatic nitrogens is 3. The lowest BCUT2D eigenvalue weighted by molar-refractivity contribution is -0.135. The van der Waals surface area contributed by atoms with E-state index in [1.54, 1.807) is 0 Å². The second-order valence-corrected chi connectivity index (χ2v) is 7.35. The standard InChI is InChI=1S/C18H23N5O2/c1-21-10-13-8-14(7-12(13)9-17(21)24)22(2)18(25)11-23-19-15-5-3-4-6-16(15)20-23/h3-6,12-14H,7-11H2,1-2H3/t12-,13+,14-/m0/s1. The van der Waals surface area contributed by atoms with Gasteiger partial charge in [0, 0.05) is 33.1 Å². The van der Waals surface area contributed by atoms with E-state index in [0.29, 0.717) is 18.3 Å². The Balaban J connectivity index is 1.41. The van der Waals surface area contributed by atoms with Gasteiger partial charge in [-0.25, -0.2) is 0 Å². The summed E-state index contributed by atoms with van der Waals surface area (Å²) in [5.41, 5.74) is 1.60. The van der Waals surface area contributed by atoms with E-state index in [0.717, 1.165) is 30.4 Å². The van der Waals surface area contributed by atoms with Gasteiger partial charge in [0.2, 0.25) is 11.8 Å². The van der Waals surface area contributed by atoms with Crippen molar-refractivity contribution in [3.05, 3.63) is 24.3 Å². The van der Waals surface area contributed by atoms with Crippen LogP contribution in [0.1, 0.15) is 19.3 Å². The summed E-state index contributed by atoms with van der Waals surface area (Å²) >= 11 is 0. The van der Waals surface area contributed by atoms with Crippen molar-refractivity contribution in [3.63, 3.8) is 0 Å². The average Bonchev–Trinajstić information content (AvgIpc) is 3.17. The van der Waals surface area contributed by atoms with Crippen LogP contribution >= 0.6 is 0 Å². The van der Waals surface area contributed by atoms with Gasteiger partial charge >= 0.3 is 0 Å². The molecular formula is C18H23N5O2. The highest BCUT2D eigenvalue weighted by Gasteiger charge is 2.42. The van der Waals surface area contributed by atoms with Gasteiger partial charge in [0.15, 0.2) is 0 Å². The van der Waals surface area contributed by atoms with Gasteiger partial charge in [0.25, 0.3) is 0 Å². The minimum Gasteiger partial charge on any atom is -0.345 e. The number of piperidine rings is 1. The summed E-state index contributed by atoms with van der Waals surface area (Å²) in [5.74, 6) is 1.16. The van der Waals surface area contributed by atoms with Gasteiger partial charge in [-0.1, -0.05) is 12.1 Å². The van der Waals surface area contributed by atoms with Crippen LogP contribution in [-0.4, -0.2) is 63.3 Å². The first-order valence-electron chi connectivity index (χ1n) is 8.81. The number of likely N-dealkylation sites (N-methyl/N-ethyl adjacent to an activating group) is 1. The molecule has 3 atom stereocenters. The van der Waals surface area contributed by atoms with E-state index in [1.165, 1.54) is 4.80 Å². The van der Waals surface area contributed by atoms with Gasteiger partial charge in [-0.05, 0) is 36.8 Å². The quantitative estimate of drug-likeness (QED) is 0.839. The Morgan fingerprint density at radius 2 is 1.84 bits per heavy atom. The van der Waals surface area contributed by atoms with E-state index in [1.807, 2.05) is 48.2 Å². The second kappa shape index (κ2) is 6.13. The van der Waals surface area contributed by atoms with Crippen molar-refractivity contribution in [2.24, 2.45) is 11.8 Å². The first kappa shape index (κ1) is 16.1. The number of fused-ring (bicyclic) bond motifs is 2. The van der Waals surface area contributed by atoms with Gasteiger partial charge in [0.05, 0.1) is 0 Å². The summed E-state index contributed by atoms with van der Waals surface area (Å²) in [6.07, 6.45) is 2.51. The van der Waals surface area contributed by atoms with Crippen molar-refractivity contribution in [2.45, 2.75) is 31.8 Å². The SMILES string of the molecule is CN1C[C@H]2C[C@@H](N(C)C(=O)Cn3nc4ccccc4n3)C[C@H]2CC1=O. The van der Waals surface area contributed by atoms with Crippen LogP contribution in [0.3, 0.4) is 0 Å². The fourth-order valence-electron chi connectivity index (χ4n) is 4.21. The van der Waals surface area contributed by atoms with Gasteiger partial charge in [-0.15, -0.1) is 0 Å². The van der Waals surface area contributed by atoms with Crippen molar-refractivity contribution in [3.8, 4) is 0 Å². The molecule has 1 aliphatic heterocycles. The summed E-state index contributed by atoms with van der Waals surface area (Å²) in [5, 5.41) is 8.72. The summed E-state index contributed by atoms with van der Waals surface area (Å²) in [6.45, 7) is 0.962. The second-order valence-electron chi connectivity index (χ2n) is 7.35. The van der Waals surface area contributed by atoms with Crippen molar-refractivity contribution < 1.29 is 9.59 Å². The minimum atomic E-state index is 0.0173. The van der Waals surface area contributed by atoms with Gasteiger partial charge in [0.1, 0.15) is 17.6 Å². The van der Waals surface area contributed by atoms with E-state index < -0.39 is 0 Å². The minimum absolute atomic E-state index is 0.0173. The molecule has 0 radical (unpaired) electrons. The molecule has 0 bridgehead atoms. The number of benzene rings is 1. The molecule has 0 N–H and O–H groups in total. The van der Waals surface area contributed by atoms with Crippen molar-refractivity contribution in [1.82, 2.24) is 24.8 Å². The highest BCUT2D eigenvalue weighted by molar-refractivity contribution is 5.78. The third kappa shape index (κ3) is 2.99. The molecule has 2 aromatic rings. The number of carbonyl (C=O) groups excluding carboxylic acids is 2. The molecule has 7 nitrogen and oxygen atoms in total. The summed E-state index contributed by atoms with van der Waals surface area (Å²) in [7, 11) is 3.73. The lowest BCUT2D eigenvalue weighted by Crippen LogP contribution is -2.40. The van der Waals surface area contributed by atoms with Crippen molar-refractivity contribution >= 4 is 22.8 Å².